The summed E-state index contributed by atoms with van der Waals surface area (Å²) < 4.78 is 1.82. The Hall–Kier alpha value is -1.03. The summed E-state index contributed by atoms with van der Waals surface area (Å²) in [6.07, 6.45) is 2.02. The third-order valence-corrected chi connectivity index (χ3v) is 3.35. The molecule has 0 unspecified atom stereocenters. The fourth-order valence-corrected chi connectivity index (χ4v) is 2.29. The van der Waals surface area contributed by atoms with Gasteiger partial charge in [-0.15, -0.1) is 0 Å². The van der Waals surface area contributed by atoms with Crippen LogP contribution in [0.3, 0.4) is 0 Å². The van der Waals surface area contributed by atoms with Crippen LogP contribution in [0.25, 0.3) is 0 Å². The van der Waals surface area contributed by atoms with Crippen molar-refractivity contribution in [1.82, 2.24) is 15.1 Å². The monoisotopic (exact) mass is 283 g/mol. The van der Waals surface area contributed by atoms with Crippen molar-refractivity contribution in [3.8, 4) is 0 Å². The molecule has 0 fully saturated rings. The van der Waals surface area contributed by atoms with Crippen LogP contribution in [-0.4, -0.2) is 9.78 Å². The zero-order chi connectivity index (χ0) is 13.1. The predicted octanol–water partition coefficient (Wildman–Crippen LogP) is 3.33. The average molecular weight is 284 g/mol. The molecule has 0 amide bonds. The van der Waals surface area contributed by atoms with Crippen LogP contribution in [0.15, 0.2) is 24.4 Å². The highest BCUT2D eigenvalue weighted by atomic mass is 35.5. The molecule has 0 spiro atoms. The molecule has 1 aromatic heterocycles. The number of hydrogen-bond acceptors (Lipinski definition) is 2. The van der Waals surface area contributed by atoms with E-state index < -0.39 is 0 Å². The molecule has 0 aliphatic rings. The lowest BCUT2D eigenvalue weighted by atomic mass is 10.2. The molecule has 2 aromatic rings. The molecule has 0 aliphatic carbocycles. The van der Waals surface area contributed by atoms with E-state index in [-0.39, 0.29) is 0 Å². The molecule has 18 heavy (non-hydrogen) atoms. The van der Waals surface area contributed by atoms with E-state index >= 15 is 0 Å². The van der Waals surface area contributed by atoms with Crippen LogP contribution < -0.4 is 5.32 Å². The van der Waals surface area contributed by atoms with Crippen molar-refractivity contribution in [2.24, 2.45) is 7.05 Å². The Balaban J connectivity index is 1.94. The van der Waals surface area contributed by atoms with Gasteiger partial charge in [0.25, 0.3) is 0 Å². The normalized spacial score (nSPS) is 10.9. The summed E-state index contributed by atoms with van der Waals surface area (Å²) in [5.74, 6) is 0. The summed E-state index contributed by atoms with van der Waals surface area (Å²) in [6, 6.07) is 5.54. The third-order valence-electron chi connectivity index (χ3n) is 2.76. The minimum Gasteiger partial charge on any atom is -0.308 e. The van der Waals surface area contributed by atoms with Crippen LogP contribution in [0, 0.1) is 6.92 Å². The van der Waals surface area contributed by atoms with Crippen molar-refractivity contribution >= 4 is 23.2 Å². The predicted molar refractivity (Wildman–Crippen MR) is 75.0 cm³/mol. The van der Waals surface area contributed by atoms with E-state index in [1.807, 2.05) is 37.0 Å². The van der Waals surface area contributed by atoms with E-state index in [1.54, 1.807) is 6.07 Å². The molecule has 1 N–H and O–H groups in total. The van der Waals surface area contributed by atoms with Crippen LogP contribution >= 0.6 is 23.2 Å². The molecule has 0 radical (unpaired) electrons. The quantitative estimate of drug-likeness (QED) is 0.933. The Kier molecular flexibility index (Phi) is 4.27. The highest BCUT2D eigenvalue weighted by Gasteiger charge is 2.04. The lowest BCUT2D eigenvalue weighted by Crippen LogP contribution is -2.13. The molecule has 5 heteroatoms. The number of aromatic nitrogens is 2. The molecular formula is C13H15Cl2N3. The zero-order valence-corrected chi connectivity index (χ0v) is 11.9. The van der Waals surface area contributed by atoms with Gasteiger partial charge in [0.1, 0.15) is 0 Å². The molecule has 0 saturated carbocycles. The smallest absolute Gasteiger partial charge is 0.0638 e. The minimum atomic E-state index is 0.659. The Labute approximate surface area is 117 Å². The van der Waals surface area contributed by atoms with Crippen LogP contribution in [0.4, 0.5) is 0 Å². The summed E-state index contributed by atoms with van der Waals surface area (Å²) in [6.45, 7) is 3.50. The van der Waals surface area contributed by atoms with Crippen LogP contribution in [-0.2, 0) is 20.1 Å². The fourth-order valence-electron chi connectivity index (χ4n) is 1.82. The molecule has 0 aliphatic heterocycles. The summed E-state index contributed by atoms with van der Waals surface area (Å²) >= 11 is 12.0. The lowest BCUT2D eigenvalue weighted by Gasteiger charge is -2.06. The molecular weight excluding hydrogens is 269 g/mol. The van der Waals surface area contributed by atoms with Crippen molar-refractivity contribution in [3.63, 3.8) is 0 Å². The second kappa shape index (κ2) is 5.74. The molecule has 3 nitrogen and oxygen atoms in total. The van der Waals surface area contributed by atoms with Gasteiger partial charge in [-0.2, -0.15) is 5.10 Å². The molecule has 0 saturated heterocycles. The highest BCUT2D eigenvalue weighted by Crippen LogP contribution is 2.20. The van der Waals surface area contributed by atoms with Gasteiger partial charge in [0, 0.05) is 41.9 Å². The lowest BCUT2D eigenvalue weighted by molar-refractivity contribution is 0.690. The first-order valence-electron chi connectivity index (χ1n) is 5.70. The third kappa shape index (κ3) is 3.25. The first-order chi connectivity index (χ1) is 8.56. The van der Waals surface area contributed by atoms with Crippen molar-refractivity contribution < 1.29 is 0 Å². The maximum absolute atomic E-state index is 6.11. The van der Waals surface area contributed by atoms with E-state index in [0.717, 1.165) is 17.8 Å². The van der Waals surface area contributed by atoms with E-state index in [4.69, 9.17) is 23.2 Å². The van der Waals surface area contributed by atoms with Crippen molar-refractivity contribution in [2.75, 3.05) is 0 Å². The molecule has 0 bridgehead atoms. The van der Waals surface area contributed by atoms with Gasteiger partial charge in [-0.3, -0.25) is 4.68 Å². The highest BCUT2D eigenvalue weighted by molar-refractivity contribution is 6.35. The second-order valence-electron chi connectivity index (χ2n) is 4.25. The molecule has 1 heterocycles. The van der Waals surface area contributed by atoms with E-state index in [1.165, 1.54) is 5.56 Å². The second-order valence-corrected chi connectivity index (χ2v) is 5.10. The molecule has 0 atom stereocenters. The van der Waals surface area contributed by atoms with Gasteiger partial charge in [0.05, 0.1) is 5.69 Å². The number of nitrogens with one attached hydrogen (secondary N) is 1. The van der Waals surface area contributed by atoms with Crippen molar-refractivity contribution in [1.29, 1.82) is 0 Å². The van der Waals surface area contributed by atoms with Gasteiger partial charge in [-0.05, 0) is 24.6 Å². The first-order valence-corrected chi connectivity index (χ1v) is 6.45. The Morgan fingerprint density at radius 3 is 2.56 bits per heavy atom. The summed E-state index contributed by atoms with van der Waals surface area (Å²) in [5.41, 5.74) is 3.29. The largest absolute Gasteiger partial charge is 0.308 e. The number of halogens is 2. The van der Waals surface area contributed by atoms with Crippen LogP contribution in [0.2, 0.25) is 10.0 Å². The van der Waals surface area contributed by atoms with Gasteiger partial charge >= 0.3 is 0 Å². The Morgan fingerprint density at radius 1 is 1.22 bits per heavy atom. The number of nitrogens with zero attached hydrogens (tertiary/aromatic N) is 2. The van der Waals surface area contributed by atoms with Gasteiger partial charge in [0.2, 0.25) is 0 Å². The maximum Gasteiger partial charge on any atom is 0.0638 e. The molecule has 96 valence electrons. The topological polar surface area (TPSA) is 29.9 Å². The van der Waals surface area contributed by atoms with Gasteiger partial charge < -0.3 is 5.32 Å². The summed E-state index contributed by atoms with van der Waals surface area (Å²) in [7, 11) is 1.92. The zero-order valence-electron chi connectivity index (χ0n) is 10.4. The average Bonchev–Trinajstić information content (AvgIpc) is 2.61. The SMILES string of the molecule is Cc1nn(C)cc1CNCc1ccc(Cl)cc1Cl. The van der Waals surface area contributed by atoms with Gasteiger partial charge in [-0.25, -0.2) is 0 Å². The van der Waals surface area contributed by atoms with Gasteiger partial charge in [0.15, 0.2) is 0 Å². The number of hydrogen-bond donors (Lipinski definition) is 1. The van der Waals surface area contributed by atoms with Crippen LogP contribution in [0.5, 0.6) is 0 Å². The first kappa shape index (κ1) is 13.4. The minimum absolute atomic E-state index is 0.659. The van der Waals surface area contributed by atoms with E-state index in [0.29, 0.717) is 16.6 Å². The van der Waals surface area contributed by atoms with Crippen molar-refractivity contribution in [3.05, 3.63) is 51.3 Å². The molecule has 2 rings (SSSR count). The number of aryl methyl sites for hydroxylation is 2. The number of rotatable bonds is 4. The Morgan fingerprint density at radius 2 is 1.94 bits per heavy atom. The fraction of sp³-hybridized carbons (Fsp3) is 0.308. The Bertz CT molecular complexity index is 549. The molecule has 1 aromatic carbocycles. The summed E-state index contributed by atoms with van der Waals surface area (Å²) in [5, 5.41) is 9.00. The van der Waals surface area contributed by atoms with E-state index in [9.17, 15) is 0 Å². The maximum atomic E-state index is 6.11. The van der Waals surface area contributed by atoms with Crippen LogP contribution in [0.1, 0.15) is 16.8 Å². The standard InChI is InChI=1S/C13H15Cl2N3/c1-9-11(8-18(2)17-9)7-16-6-10-3-4-12(14)5-13(10)15/h3-5,8,16H,6-7H2,1-2H3. The van der Waals surface area contributed by atoms with E-state index in [2.05, 4.69) is 10.4 Å². The van der Waals surface area contributed by atoms with Gasteiger partial charge in [-0.1, -0.05) is 29.3 Å². The summed E-state index contributed by atoms with van der Waals surface area (Å²) in [4.78, 5) is 0. The number of benzene rings is 1. The van der Waals surface area contributed by atoms with Crippen molar-refractivity contribution in [2.45, 2.75) is 20.0 Å².